The van der Waals surface area contributed by atoms with Crippen molar-refractivity contribution in [2.75, 3.05) is 0 Å². The van der Waals surface area contributed by atoms with Gasteiger partial charge in [-0.25, -0.2) is 0 Å². The molecule has 0 bridgehead atoms. The number of rotatable bonds is 4. The molecule has 0 radical (unpaired) electrons. The fourth-order valence-electron chi connectivity index (χ4n) is 10.9. The van der Waals surface area contributed by atoms with E-state index in [2.05, 4.69) is 207 Å². The molecule has 0 spiro atoms. The second-order valence-electron chi connectivity index (χ2n) is 16.3. The summed E-state index contributed by atoms with van der Waals surface area (Å²) in [6.07, 6.45) is 0. The predicted molar refractivity (Wildman–Crippen MR) is 247 cm³/mol. The summed E-state index contributed by atoms with van der Waals surface area (Å²) in [6.45, 7) is 2.26. The summed E-state index contributed by atoms with van der Waals surface area (Å²) < 4.78 is 0. The number of benzene rings is 11. The van der Waals surface area contributed by atoms with E-state index in [0.717, 1.165) is 0 Å². The number of fused-ring (bicyclic) bond motifs is 5. The summed E-state index contributed by atoms with van der Waals surface area (Å²) in [5, 5.41) is 21.0. The molecule has 0 atom stereocenters. The van der Waals surface area contributed by atoms with Crippen molar-refractivity contribution in [1.29, 1.82) is 0 Å². The van der Waals surface area contributed by atoms with Crippen LogP contribution in [0.25, 0.3) is 87.6 Å². The SMILES string of the molecule is Cc1ccccc1-c1c2c(c(-c3ccccc3)c3ccccc13)=c1ccc3c4c(ccc=2c14)=c1c(-c2ccccc2)c2cc4ccccc4cc2c(-c2ccccc2)c1=3. The van der Waals surface area contributed by atoms with Crippen LogP contribution in [0, 0.1) is 48.7 Å². The van der Waals surface area contributed by atoms with E-state index in [-0.39, 0.29) is 0 Å². The zero-order valence-electron chi connectivity index (χ0n) is 32.6. The zero-order chi connectivity index (χ0) is 38.8. The summed E-state index contributed by atoms with van der Waals surface area (Å²) in [5.41, 5.74) is 11.6. The van der Waals surface area contributed by atoms with Crippen LogP contribution in [0.4, 0.5) is 0 Å². The van der Waals surface area contributed by atoms with E-state index < -0.39 is 0 Å². The average molecular weight is 745 g/mol. The molecule has 2 aliphatic carbocycles. The first-order valence-electron chi connectivity index (χ1n) is 20.7. The molecule has 11 aromatic carbocycles. The largest absolute Gasteiger partial charge is 0.0622 e. The summed E-state index contributed by atoms with van der Waals surface area (Å²) in [5.74, 6) is 0. The van der Waals surface area contributed by atoms with Crippen LogP contribution in [-0.4, -0.2) is 0 Å². The van der Waals surface area contributed by atoms with Gasteiger partial charge in [0.15, 0.2) is 0 Å². The number of hydrogen-bond donors (Lipinski definition) is 0. The first-order valence-corrected chi connectivity index (χ1v) is 20.7. The van der Waals surface area contributed by atoms with Crippen LogP contribution in [0.5, 0.6) is 0 Å². The molecule has 0 unspecified atom stereocenters. The standard InChI is InChI=1S/C59H36/c1-35-17-11-14-26-41(35)53-43-28-16-15-27-42(43)50(36-18-5-2-6-19-36)56-44-29-30-45-54-46(31-32-47(55(44)54)59(53)56)58-52(38-22-9-4-10-23-38)49-34-40-25-13-12-24-39(40)33-48(49)51(57(45)58)37-20-7-3-8-21-37/h2-34H,1H3. The third-order valence-corrected chi connectivity index (χ3v) is 13.2. The Balaban J connectivity index is 1.37. The van der Waals surface area contributed by atoms with Gasteiger partial charge in [-0.2, -0.15) is 0 Å². The summed E-state index contributed by atoms with van der Waals surface area (Å²) >= 11 is 0. The van der Waals surface area contributed by atoms with Crippen molar-refractivity contribution in [3.63, 3.8) is 0 Å². The highest BCUT2D eigenvalue weighted by Crippen LogP contribution is 2.46. The van der Waals surface area contributed by atoms with Gasteiger partial charge < -0.3 is 0 Å². The summed E-state index contributed by atoms with van der Waals surface area (Å²) in [4.78, 5) is 0. The fraction of sp³-hybridized carbons (Fsp3) is 0.0169. The Hall–Kier alpha value is -7.54. The lowest BCUT2D eigenvalue weighted by atomic mass is 9.86. The van der Waals surface area contributed by atoms with Gasteiger partial charge in [0.25, 0.3) is 0 Å². The Morgan fingerprint density at radius 1 is 0.271 bits per heavy atom. The van der Waals surface area contributed by atoms with Gasteiger partial charge in [0.05, 0.1) is 0 Å². The first kappa shape index (κ1) is 32.5. The van der Waals surface area contributed by atoms with Gasteiger partial charge in [-0.3, -0.25) is 0 Å². The topological polar surface area (TPSA) is 0 Å². The molecule has 0 amide bonds. The van der Waals surface area contributed by atoms with E-state index in [1.807, 2.05) is 0 Å². The van der Waals surface area contributed by atoms with Crippen molar-refractivity contribution >= 4 is 43.1 Å². The third kappa shape index (κ3) is 4.43. The third-order valence-electron chi connectivity index (χ3n) is 13.2. The highest BCUT2D eigenvalue weighted by molar-refractivity contribution is 6.12. The van der Waals surface area contributed by atoms with Crippen molar-refractivity contribution in [2.45, 2.75) is 6.92 Å². The maximum absolute atomic E-state index is 2.46. The Labute approximate surface area is 340 Å². The summed E-state index contributed by atoms with van der Waals surface area (Å²) in [7, 11) is 0. The molecular weight excluding hydrogens is 709 g/mol. The molecule has 0 aliphatic heterocycles. The molecule has 13 rings (SSSR count). The molecule has 0 aromatic heterocycles. The van der Waals surface area contributed by atoms with Crippen molar-refractivity contribution in [2.24, 2.45) is 0 Å². The van der Waals surface area contributed by atoms with Crippen LogP contribution < -0.4 is 0 Å². The van der Waals surface area contributed by atoms with E-state index >= 15 is 0 Å². The summed E-state index contributed by atoms with van der Waals surface area (Å²) in [6, 6.07) is 74.8. The average Bonchev–Trinajstić information content (AvgIpc) is 3.80. The second-order valence-corrected chi connectivity index (χ2v) is 16.3. The lowest BCUT2D eigenvalue weighted by Crippen LogP contribution is -1.93. The van der Waals surface area contributed by atoms with Crippen molar-refractivity contribution < 1.29 is 0 Å². The molecule has 0 saturated heterocycles. The Morgan fingerprint density at radius 2 is 0.610 bits per heavy atom. The number of hydrogen-bond acceptors (Lipinski definition) is 0. The van der Waals surface area contributed by atoms with E-state index in [1.165, 1.54) is 135 Å². The molecule has 11 aromatic rings. The lowest BCUT2D eigenvalue weighted by Gasteiger charge is -2.16. The Bertz CT molecular complexity index is 3920. The van der Waals surface area contributed by atoms with Gasteiger partial charge in [-0.15, -0.1) is 0 Å². The van der Waals surface area contributed by atoms with Crippen molar-refractivity contribution in [3.8, 4) is 44.5 Å². The monoisotopic (exact) mass is 744 g/mol. The van der Waals surface area contributed by atoms with Gasteiger partial charge in [0.1, 0.15) is 0 Å². The van der Waals surface area contributed by atoms with Crippen LogP contribution in [0.3, 0.4) is 0 Å². The van der Waals surface area contributed by atoms with Gasteiger partial charge >= 0.3 is 0 Å². The molecule has 2 aliphatic rings. The highest BCUT2D eigenvalue weighted by atomic mass is 14.3. The van der Waals surface area contributed by atoms with Crippen LogP contribution in [0.1, 0.15) is 5.56 Å². The second kappa shape index (κ2) is 12.2. The molecule has 0 N–H and O–H groups in total. The highest BCUT2D eigenvalue weighted by Gasteiger charge is 2.25. The predicted octanol–water partition coefficient (Wildman–Crippen LogP) is 15.1. The maximum Gasteiger partial charge on any atom is -0.000730 e. The van der Waals surface area contributed by atoms with Crippen molar-refractivity contribution in [3.05, 3.63) is 248 Å². The van der Waals surface area contributed by atoms with Gasteiger partial charge in [0, 0.05) is 0 Å². The molecule has 0 heterocycles. The fourth-order valence-corrected chi connectivity index (χ4v) is 10.9. The minimum Gasteiger partial charge on any atom is -0.0622 e. The Morgan fingerprint density at radius 3 is 1.05 bits per heavy atom. The minimum absolute atomic E-state index is 1.24. The first-order chi connectivity index (χ1) is 29.2. The molecule has 0 fully saturated rings. The lowest BCUT2D eigenvalue weighted by molar-refractivity contribution is 1.43. The molecule has 0 heteroatoms. The molecule has 272 valence electrons. The van der Waals surface area contributed by atoms with E-state index in [9.17, 15) is 0 Å². The molecule has 59 heavy (non-hydrogen) atoms. The van der Waals surface area contributed by atoms with E-state index in [1.54, 1.807) is 0 Å². The van der Waals surface area contributed by atoms with E-state index in [4.69, 9.17) is 0 Å². The van der Waals surface area contributed by atoms with Gasteiger partial charge in [-0.05, 0) is 154 Å². The maximum atomic E-state index is 2.46. The quantitative estimate of drug-likeness (QED) is 0.157. The smallest absolute Gasteiger partial charge is 0.000730 e. The molecule has 0 saturated carbocycles. The van der Waals surface area contributed by atoms with Crippen molar-refractivity contribution in [1.82, 2.24) is 0 Å². The van der Waals surface area contributed by atoms with Crippen LogP contribution >= 0.6 is 0 Å². The van der Waals surface area contributed by atoms with E-state index in [0.29, 0.717) is 0 Å². The molecule has 0 nitrogen and oxygen atoms in total. The van der Waals surface area contributed by atoms with Crippen LogP contribution in [0.15, 0.2) is 200 Å². The normalized spacial score (nSPS) is 12.2. The van der Waals surface area contributed by atoms with Crippen LogP contribution in [-0.2, 0) is 0 Å². The minimum atomic E-state index is 1.24. The van der Waals surface area contributed by atoms with Gasteiger partial charge in [0.2, 0.25) is 0 Å². The van der Waals surface area contributed by atoms with Crippen LogP contribution in [0.2, 0.25) is 0 Å². The number of aryl methyl sites for hydroxylation is 1. The Kier molecular flexibility index (Phi) is 6.74. The zero-order valence-corrected chi connectivity index (χ0v) is 32.6. The molecular formula is C59H36. The van der Waals surface area contributed by atoms with Gasteiger partial charge in [-0.1, -0.05) is 188 Å².